The third kappa shape index (κ3) is 17.2. The number of halogens is 3. The lowest BCUT2D eigenvalue weighted by atomic mass is 9.95. The molecule has 4 atom stereocenters. The number of hydrogen-bond donors (Lipinski definition) is 7. The van der Waals surface area contributed by atoms with E-state index in [2.05, 4.69) is 42.5 Å². The Morgan fingerprint density at radius 1 is 0.812 bits per heavy atom. The van der Waals surface area contributed by atoms with Gasteiger partial charge in [-0.1, -0.05) is 15.9 Å². The van der Waals surface area contributed by atoms with Crippen molar-refractivity contribution in [3.8, 4) is 0 Å². The van der Waals surface area contributed by atoms with E-state index in [9.17, 15) is 48.6 Å². The topological polar surface area (TPSA) is 259 Å². The van der Waals surface area contributed by atoms with Crippen molar-refractivity contribution in [1.29, 1.82) is 0 Å². The molecule has 7 N–H and O–H groups in total. The number of aliphatic carboxylic acids is 2. The monoisotopic (exact) mass is 790 g/mol. The number of ether oxygens (including phenoxy) is 2. The van der Waals surface area contributed by atoms with Crippen molar-refractivity contribution in [1.82, 2.24) is 31.5 Å². The van der Waals surface area contributed by atoms with E-state index in [-0.39, 0.29) is 83.6 Å². The molecular formula is C27H41BrCl2N6O12. The van der Waals surface area contributed by atoms with Gasteiger partial charge < -0.3 is 51.2 Å². The summed E-state index contributed by atoms with van der Waals surface area (Å²) >= 11 is 14.2. The summed E-state index contributed by atoms with van der Waals surface area (Å²) in [5, 5.41) is 31.8. The summed E-state index contributed by atoms with van der Waals surface area (Å²) in [5.41, 5.74) is 0. The van der Waals surface area contributed by atoms with Crippen molar-refractivity contribution in [3.63, 3.8) is 0 Å². The van der Waals surface area contributed by atoms with Crippen LogP contribution in [-0.2, 0) is 47.8 Å². The highest BCUT2D eigenvalue weighted by molar-refractivity contribution is 9.10. The highest BCUT2D eigenvalue weighted by Crippen LogP contribution is 2.21. The second-order valence-electron chi connectivity index (χ2n) is 10.3. The van der Waals surface area contributed by atoms with Crippen LogP contribution in [0.5, 0.6) is 0 Å². The fraction of sp³-hybridized carbons (Fsp3) is 0.704. The van der Waals surface area contributed by atoms with Crippen molar-refractivity contribution in [3.05, 3.63) is 0 Å². The van der Waals surface area contributed by atoms with Gasteiger partial charge in [-0.2, -0.15) is 0 Å². The predicted octanol–water partition coefficient (Wildman–Crippen LogP) is -2.23. The molecule has 1 aliphatic rings. The van der Waals surface area contributed by atoms with E-state index < -0.39 is 83.2 Å². The molecule has 0 aromatic heterocycles. The summed E-state index contributed by atoms with van der Waals surface area (Å²) < 4.78 is 10.5. The highest BCUT2D eigenvalue weighted by Gasteiger charge is 2.34. The molecule has 0 spiro atoms. The van der Waals surface area contributed by atoms with E-state index in [4.69, 9.17) is 32.7 Å². The largest absolute Gasteiger partial charge is 0.481 e. The summed E-state index contributed by atoms with van der Waals surface area (Å²) in [6, 6.07) is -2.86. The number of hydrogen-bond acceptors (Lipinski definition) is 10. The minimum Gasteiger partial charge on any atom is -0.481 e. The standard InChI is InChI=1S/C27H41BrCl2N6O12/c28-23-16(26(43)44)1-2-17(25(42)36(8-5-31-20(38)13-29)9-6-32-21(39)14-30)34-19(37)4-3-18(27(45)46)35-22(40)15-48-12-11-47-10-7-33-24(23)41/h16-18,23H,1-15H2,(H,31,38)(H,32,39)(H,33,41)(H,34,37)(H,35,40)(H,43,44)(H,45,46)/t16?,17-,18+,23?/m0/s1. The van der Waals surface area contributed by atoms with Crippen LogP contribution in [0.4, 0.5) is 0 Å². The van der Waals surface area contributed by atoms with Crippen molar-refractivity contribution < 1.29 is 58.0 Å². The van der Waals surface area contributed by atoms with E-state index in [1.165, 1.54) is 4.90 Å². The molecule has 0 bridgehead atoms. The molecule has 1 heterocycles. The van der Waals surface area contributed by atoms with E-state index in [0.29, 0.717) is 0 Å². The zero-order chi connectivity index (χ0) is 36.1. The van der Waals surface area contributed by atoms with Crippen LogP contribution in [0.1, 0.15) is 25.7 Å². The number of alkyl halides is 3. The van der Waals surface area contributed by atoms with Crippen LogP contribution in [0.2, 0.25) is 0 Å². The molecule has 0 saturated carbocycles. The van der Waals surface area contributed by atoms with Gasteiger partial charge in [0.1, 0.15) is 35.3 Å². The third-order valence-electron chi connectivity index (χ3n) is 6.73. The molecule has 0 aliphatic carbocycles. The Morgan fingerprint density at radius 2 is 1.40 bits per heavy atom. The van der Waals surface area contributed by atoms with Gasteiger partial charge in [0, 0.05) is 39.1 Å². The van der Waals surface area contributed by atoms with Crippen LogP contribution < -0.4 is 26.6 Å². The Balaban J connectivity index is 3.32. The highest BCUT2D eigenvalue weighted by atomic mass is 79.9. The molecule has 6 amide bonds. The van der Waals surface area contributed by atoms with Gasteiger partial charge in [0.2, 0.25) is 35.4 Å². The van der Waals surface area contributed by atoms with E-state index in [1.54, 1.807) is 0 Å². The first-order valence-corrected chi connectivity index (χ1v) is 16.8. The van der Waals surface area contributed by atoms with Gasteiger partial charge in [-0.3, -0.25) is 33.6 Å². The number of rotatable bonds is 11. The average molecular weight is 792 g/mol. The van der Waals surface area contributed by atoms with Gasteiger partial charge in [0.05, 0.1) is 25.7 Å². The maximum absolute atomic E-state index is 13.8. The lowest BCUT2D eigenvalue weighted by molar-refractivity contribution is -0.144. The van der Waals surface area contributed by atoms with E-state index >= 15 is 0 Å². The predicted molar refractivity (Wildman–Crippen MR) is 172 cm³/mol. The van der Waals surface area contributed by atoms with Crippen LogP contribution in [-0.4, -0.2) is 150 Å². The van der Waals surface area contributed by atoms with Gasteiger partial charge in [0.25, 0.3) is 0 Å². The Morgan fingerprint density at radius 3 is 1.96 bits per heavy atom. The second kappa shape index (κ2) is 24.0. The van der Waals surface area contributed by atoms with Crippen LogP contribution in [0.3, 0.4) is 0 Å². The fourth-order valence-corrected chi connectivity index (χ4v) is 5.09. The van der Waals surface area contributed by atoms with Crippen molar-refractivity contribution in [2.24, 2.45) is 5.92 Å². The maximum Gasteiger partial charge on any atom is 0.326 e. The molecule has 48 heavy (non-hydrogen) atoms. The van der Waals surface area contributed by atoms with Gasteiger partial charge in [0.15, 0.2) is 0 Å². The molecule has 0 aromatic rings. The molecule has 1 rings (SSSR count). The summed E-state index contributed by atoms with van der Waals surface area (Å²) in [5.74, 6) is -8.78. The number of carbonyl (C=O) groups excluding carboxylic acids is 6. The number of nitrogens with one attached hydrogen (secondary N) is 5. The minimum atomic E-state index is -1.47. The average Bonchev–Trinajstić information content (AvgIpc) is 3.04. The molecule has 2 unspecified atom stereocenters. The van der Waals surface area contributed by atoms with Crippen LogP contribution in [0.25, 0.3) is 0 Å². The third-order valence-corrected chi connectivity index (χ3v) is 8.27. The van der Waals surface area contributed by atoms with Gasteiger partial charge >= 0.3 is 11.9 Å². The first-order valence-electron chi connectivity index (χ1n) is 14.9. The Bertz CT molecular complexity index is 1110. The molecule has 1 aliphatic heterocycles. The van der Waals surface area contributed by atoms with Crippen LogP contribution in [0.15, 0.2) is 0 Å². The number of carboxylic acids is 2. The number of amides is 6. The normalized spacial score (nSPS) is 22.4. The summed E-state index contributed by atoms with van der Waals surface area (Å²) in [4.78, 5) is 99.0. The Labute approximate surface area is 294 Å². The smallest absolute Gasteiger partial charge is 0.326 e. The molecule has 1 fully saturated rings. The van der Waals surface area contributed by atoms with Gasteiger partial charge in [-0.15, -0.1) is 23.2 Å². The zero-order valence-electron chi connectivity index (χ0n) is 26.0. The molecule has 18 nitrogen and oxygen atoms in total. The van der Waals surface area contributed by atoms with Crippen LogP contribution >= 0.6 is 39.1 Å². The Kier molecular flexibility index (Phi) is 21.4. The molecule has 0 radical (unpaired) electrons. The number of carbonyl (C=O) groups is 8. The minimum absolute atomic E-state index is 0.0146. The van der Waals surface area contributed by atoms with Gasteiger partial charge in [-0.25, -0.2) is 4.79 Å². The molecule has 272 valence electrons. The molecule has 0 aromatic carbocycles. The lowest BCUT2D eigenvalue weighted by Crippen LogP contribution is -2.52. The number of carboxylic acid groups (broad SMARTS) is 2. The summed E-state index contributed by atoms with van der Waals surface area (Å²) in [6.07, 6.45) is -1.39. The Hall–Kier alpha value is -3.26. The zero-order valence-corrected chi connectivity index (χ0v) is 29.1. The van der Waals surface area contributed by atoms with E-state index in [1.807, 2.05) is 0 Å². The van der Waals surface area contributed by atoms with Gasteiger partial charge in [-0.05, 0) is 19.3 Å². The first kappa shape index (κ1) is 42.8. The molecule has 21 heteroatoms. The van der Waals surface area contributed by atoms with Crippen molar-refractivity contribution in [2.45, 2.75) is 42.6 Å². The van der Waals surface area contributed by atoms with E-state index in [0.717, 1.165) is 0 Å². The first-order chi connectivity index (χ1) is 22.8. The maximum atomic E-state index is 13.8. The fourth-order valence-electron chi connectivity index (χ4n) is 4.25. The second-order valence-corrected chi connectivity index (χ2v) is 11.8. The van der Waals surface area contributed by atoms with Crippen molar-refractivity contribution in [2.75, 3.05) is 70.9 Å². The molecule has 1 saturated heterocycles. The van der Waals surface area contributed by atoms with Crippen LogP contribution in [0, 0.1) is 5.92 Å². The number of nitrogens with zero attached hydrogens (tertiary/aromatic N) is 1. The summed E-state index contributed by atoms with van der Waals surface area (Å²) in [7, 11) is 0. The quantitative estimate of drug-likeness (QED) is 0.110. The molecular weight excluding hydrogens is 751 g/mol. The SMILES string of the molecule is O=C(CCl)NCCN(CCNC(=O)CCl)C(=O)[C@@H]1CCC(C(=O)O)C(Br)C(=O)NCCOCCOCC(=O)N[C@@H](C(=O)O)CCC(=O)N1. The lowest BCUT2D eigenvalue weighted by Gasteiger charge is -2.29. The summed E-state index contributed by atoms with van der Waals surface area (Å²) in [6.45, 7) is -0.732. The van der Waals surface area contributed by atoms with Crippen molar-refractivity contribution >= 4 is 86.5 Å².